The topological polar surface area (TPSA) is 49.6 Å². The summed E-state index contributed by atoms with van der Waals surface area (Å²) in [6.07, 6.45) is 0. The Morgan fingerprint density at radius 3 is 2.32 bits per heavy atom. The third-order valence-electron chi connectivity index (χ3n) is 2.94. The molecule has 0 aliphatic heterocycles. The number of likely N-dealkylation sites (N-methyl/N-ethyl adjacent to an activating group) is 2. The third kappa shape index (κ3) is 4.96. The first-order valence-electron chi connectivity index (χ1n) is 6.14. The Morgan fingerprint density at radius 2 is 1.84 bits per heavy atom. The van der Waals surface area contributed by atoms with Crippen LogP contribution in [0, 0.1) is 0 Å². The normalized spacial score (nSPS) is 12.2. The molecule has 5 heteroatoms. The van der Waals surface area contributed by atoms with E-state index in [0.717, 1.165) is 5.56 Å². The van der Waals surface area contributed by atoms with Crippen LogP contribution >= 0.6 is 12.2 Å². The molecule has 0 aromatic heterocycles. The van der Waals surface area contributed by atoms with Crippen molar-refractivity contribution in [2.75, 3.05) is 34.2 Å². The second-order valence-corrected chi connectivity index (χ2v) is 5.32. The molecule has 1 unspecified atom stereocenters. The van der Waals surface area contributed by atoms with E-state index in [0.29, 0.717) is 18.1 Å². The van der Waals surface area contributed by atoms with Gasteiger partial charge in [0.05, 0.1) is 11.5 Å². The highest BCUT2D eigenvalue weighted by Gasteiger charge is 2.18. The Kier molecular flexibility index (Phi) is 5.92. The first-order chi connectivity index (χ1) is 8.91. The molecule has 1 amide bonds. The molecule has 0 aliphatic rings. The van der Waals surface area contributed by atoms with Crippen LogP contribution in [0.1, 0.15) is 11.5 Å². The molecule has 1 atom stereocenters. The summed E-state index contributed by atoms with van der Waals surface area (Å²) in [6.45, 7) is 0.998. The van der Waals surface area contributed by atoms with Crippen LogP contribution in [0.5, 0.6) is 0 Å². The van der Waals surface area contributed by atoms with Crippen LogP contribution in [0.4, 0.5) is 0 Å². The van der Waals surface area contributed by atoms with Crippen LogP contribution in [0.15, 0.2) is 30.3 Å². The Morgan fingerprint density at radius 1 is 1.26 bits per heavy atom. The maximum absolute atomic E-state index is 11.7. The lowest BCUT2D eigenvalue weighted by Crippen LogP contribution is -2.38. The minimum absolute atomic E-state index is 0.0313. The molecule has 2 N–H and O–H groups in total. The predicted octanol–water partition coefficient (Wildman–Crippen LogP) is 1.08. The van der Waals surface area contributed by atoms with Crippen molar-refractivity contribution < 1.29 is 4.79 Å². The monoisotopic (exact) mass is 279 g/mol. The number of hydrogen-bond donors (Lipinski definition) is 1. The Bertz CT molecular complexity index is 434. The molecule has 1 rings (SSSR count). The number of rotatable bonds is 6. The van der Waals surface area contributed by atoms with Crippen LogP contribution in [-0.4, -0.2) is 54.9 Å². The SMILES string of the molecule is CN(CC(=O)N(C)C)CC(C(N)=S)c1ccccc1. The zero-order valence-corrected chi connectivity index (χ0v) is 12.5. The number of carbonyl (C=O) groups excluding carboxylic acids is 1. The first kappa shape index (κ1) is 15.6. The summed E-state index contributed by atoms with van der Waals surface area (Å²) in [7, 11) is 5.40. The molecule has 0 spiro atoms. The van der Waals surface area contributed by atoms with Crippen molar-refractivity contribution in [2.45, 2.75) is 5.92 Å². The fourth-order valence-electron chi connectivity index (χ4n) is 1.79. The molecule has 0 radical (unpaired) electrons. The van der Waals surface area contributed by atoms with Crippen molar-refractivity contribution >= 4 is 23.1 Å². The smallest absolute Gasteiger partial charge is 0.236 e. The lowest BCUT2D eigenvalue weighted by Gasteiger charge is -2.24. The van der Waals surface area contributed by atoms with Crippen molar-refractivity contribution in [2.24, 2.45) is 5.73 Å². The van der Waals surface area contributed by atoms with E-state index in [-0.39, 0.29) is 11.8 Å². The number of carbonyl (C=O) groups is 1. The Hall–Kier alpha value is -1.46. The highest BCUT2D eigenvalue weighted by atomic mass is 32.1. The van der Waals surface area contributed by atoms with Crippen LogP contribution in [0.3, 0.4) is 0 Å². The quantitative estimate of drug-likeness (QED) is 0.792. The van der Waals surface area contributed by atoms with Gasteiger partial charge in [0.25, 0.3) is 0 Å². The van der Waals surface area contributed by atoms with E-state index >= 15 is 0 Å². The molecule has 0 bridgehead atoms. The molecule has 0 aliphatic carbocycles. The van der Waals surface area contributed by atoms with Gasteiger partial charge in [-0.15, -0.1) is 0 Å². The standard InChI is InChI=1S/C14H21N3OS/c1-16(2)13(18)10-17(3)9-12(14(15)19)11-7-5-4-6-8-11/h4-8,12H,9-10H2,1-3H3,(H2,15,19). The lowest BCUT2D eigenvalue weighted by atomic mass is 9.98. The lowest BCUT2D eigenvalue weighted by molar-refractivity contribution is -0.129. The van der Waals surface area contributed by atoms with Gasteiger partial charge in [0.2, 0.25) is 5.91 Å². The number of nitrogens with zero attached hydrogens (tertiary/aromatic N) is 2. The largest absolute Gasteiger partial charge is 0.393 e. The van der Waals surface area contributed by atoms with Gasteiger partial charge in [0.1, 0.15) is 0 Å². The predicted molar refractivity (Wildman–Crippen MR) is 82.2 cm³/mol. The van der Waals surface area contributed by atoms with E-state index in [1.165, 1.54) is 0 Å². The van der Waals surface area contributed by atoms with Crippen LogP contribution < -0.4 is 5.73 Å². The number of amides is 1. The van der Waals surface area contributed by atoms with Gasteiger partial charge < -0.3 is 10.6 Å². The molecule has 0 fully saturated rings. The van der Waals surface area contributed by atoms with Crippen LogP contribution in [0.2, 0.25) is 0 Å². The molecule has 1 aromatic carbocycles. The van der Waals surface area contributed by atoms with Gasteiger partial charge in [-0.1, -0.05) is 42.5 Å². The van der Waals surface area contributed by atoms with Gasteiger partial charge in [0.15, 0.2) is 0 Å². The molecular formula is C14H21N3OS. The second kappa shape index (κ2) is 7.21. The van der Waals surface area contributed by atoms with Crippen molar-refractivity contribution in [3.05, 3.63) is 35.9 Å². The number of hydrogen-bond acceptors (Lipinski definition) is 3. The molecule has 4 nitrogen and oxygen atoms in total. The summed E-state index contributed by atoms with van der Waals surface area (Å²) in [6, 6.07) is 9.90. The number of nitrogens with two attached hydrogens (primary N) is 1. The molecular weight excluding hydrogens is 258 g/mol. The first-order valence-corrected chi connectivity index (χ1v) is 6.55. The van der Waals surface area contributed by atoms with Gasteiger partial charge >= 0.3 is 0 Å². The van der Waals surface area contributed by atoms with E-state index in [9.17, 15) is 4.79 Å². The minimum atomic E-state index is -0.0313. The average molecular weight is 279 g/mol. The minimum Gasteiger partial charge on any atom is -0.393 e. The van der Waals surface area contributed by atoms with E-state index in [2.05, 4.69) is 0 Å². The highest BCUT2D eigenvalue weighted by molar-refractivity contribution is 7.80. The van der Waals surface area contributed by atoms with Crippen molar-refractivity contribution in [1.29, 1.82) is 0 Å². The zero-order chi connectivity index (χ0) is 14.4. The molecule has 1 aromatic rings. The summed E-state index contributed by atoms with van der Waals surface area (Å²) in [5.74, 6) is 0.0356. The fourth-order valence-corrected chi connectivity index (χ4v) is 2.00. The molecule has 0 saturated carbocycles. The fraction of sp³-hybridized carbons (Fsp3) is 0.429. The van der Waals surface area contributed by atoms with Crippen LogP contribution in [0.25, 0.3) is 0 Å². The summed E-state index contributed by atoms with van der Waals surface area (Å²) >= 11 is 5.14. The summed E-state index contributed by atoms with van der Waals surface area (Å²) in [5, 5.41) is 0. The van der Waals surface area contributed by atoms with Gasteiger partial charge in [-0.25, -0.2) is 0 Å². The van der Waals surface area contributed by atoms with E-state index < -0.39 is 0 Å². The van der Waals surface area contributed by atoms with E-state index in [1.807, 2.05) is 42.3 Å². The maximum Gasteiger partial charge on any atom is 0.236 e. The van der Waals surface area contributed by atoms with Crippen LogP contribution in [-0.2, 0) is 4.79 Å². The van der Waals surface area contributed by atoms with E-state index in [1.54, 1.807) is 19.0 Å². The average Bonchev–Trinajstić information content (AvgIpc) is 2.36. The Balaban J connectivity index is 2.70. The Labute approximate surface area is 120 Å². The van der Waals surface area contributed by atoms with Gasteiger partial charge in [-0.2, -0.15) is 0 Å². The van der Waals surface area contributed by atoms with Crippen molar-refractivity contribution in [3.63, 3.8) is 0 Å². The zero-order valence-electron chi connectivity index (χ0n) is 11.7. The van der Waals surface area contributed by atoms with Gasteiger partial charge in [-0.05, 0) is 12.6 Å². The van der Waals surface area contributed by atoms with Gasteiger partial charge in [-0.3, -0.25) is 9.69 Å². The molecule has 0 heterocycles. The molecule has 0 saturated heterocycles. The van der Waals surface area contributed by atoms with Crippen molar-refractivity contribution in [3.8, 4) is 0 Å². The third-order valence-corrected chi connectivity index (χ3v) is 3.23. The summed E-state index contributed by atoms with van der Waals surface area (Å²) in [5.41, 5.74) is 6.90. The molecule has 104 valence electrons. The number of benzene rings is 1. The van der Waals surface area contributed by atoms with Crippen molar-refractivity contribution in [1.82, 2.24) is 9.80 Å². The van der Waals surface area contributed by atoms with Gasteiger partial charge in [0, 0.05) is 26.6 Å². The molecule has 19 heavy (non-hydrogen) atoms. The maximum atomic E-state index is 11.7. The van der Waals surface area contributed by atoms with E-state index in [4.69, 9.17) is 18.0 Å². The summed E-state index contributed by atoms with van der Waals surface area (Å²) < 4.78 is 0. The number of thiocarbonyl (C=S) groups is 1. The second-order valence-electron chi connectivity index (χ2n) is 4.85. The summed E-state index contributed by atoms with van der Waals surface area (Å²) in [4.78, 5) is 15.6. The highest BCUT2D eigenvalue weighted by Crippen LogP contribution is 2.17.